The number of carbonyl (C=O) groups excluding carboxylic acids is 1. The molecule has 2 rings (SSSR count). The normalized spacial score (nSPS) is 10.4. The number of nitrogen functional groups attached to an aromatic ring is 1. The Morgan fingerprint density at radius 3 is 2.83 bits per heavy atom. The Bertz CT molecular complexity index is 582. The van der Waals surface area contributed by atoms with Crippen molar-refractivity contribution in [2.45, 2.75) is 6.54 Å². The zero-order valence-corrected chi connectivity index (χ0v) is 10.7. The minimum Gasteiger partial charge on any atom is -0.290 e. The second-order valence-corrected chi connectivity index (χ2v) is 4.46. The quantitative estimate of drug-likeness (QED) is 0.513. The van der Waals surface area contributed by atoms with Crippen LogP contribution in [0, 0.1) is 0 Å². The van der Waals surface area contributed by atoms with Gasteiger partial charge >= 0.3 is 0 Å². The molecule has 0 radical (unpaired) electrons. The summed E-state index contributed by atoms with van der Waals surface area (Å²) in [4.78, 5) is 11.2. The van der Waals surface area contributed by atoms with Crippen molar-refractivity contribution in [3.8, 4) is 0 Å². The molecule has 0 aliphatic heterocycles. The smallest absolute Gasteiger partial charge is 0.268 e. The van der Waals surface area contributed by atoms with Gasteiger partial charge in [-0.05, 0) is 17.7 Å². The summed E-state index contributed by atoms with van der Waals surface area (Å²) >= 11 is 11.7. The molecule has 18 heavy (non-hydrogen) atoms. The van der Waals surface area contributed by atoms with Crippen LogP contribution in [0.2, 0.25) is 10.0 Å². The molecule has 0 aliphatic rings. The Labute approximate surface area is 113 Å². The minimum absolute atomic E-state index is 0.379. The largest absolute Gasteiger partial charge is 0.290 e. The van der Waals surface area contributed by atoms with Gasteiger partial charge in [0, 0.05) is 6.20 Å². The molecular weight excluding hydrogens is 275 g/mol. The van der Waals surface area contributed by atoms with Gasteiger partial charge in [-0.3, -0.25) is 14.9 Å². The Balaban J connectivity index is 2.16. The Morgan fingerprint density at radius 1 is 1.39 bits per heavy atom. The highest BCUT2D eigenvalue weighted by Gasteiger charge is 2.07. The highest BCUT2D eigenvalue weighted by atomic mass is 35.5. The molecule has 7 heteroatoms. The molecule has 0 fully saturated rings. The van der Waals surface area contributed by atoms with E-state index in [-0.39, 0.29) is 5.91 Å². The standard InChI is InChI=1S/C11H10Cl2N4O/c12-9-2-1-7(3-10(9)13)5-17-6-8(4-15-17)11(18)16-14/h1-4,6H,5,14H2,(H,16,18). The van der Waals surface area contributed by atoms with Gasteiger partial charge in [0.1, 0.15) is 0 Å². The van der Waals surface area contributed by atoms with Crippen molar-refractivity contribution < 1.29 is 4.79 Å². The molecular formula is C11H10Cl2N4O. The number of hydrogen-bond donors (Lipinski definition) is 2. The molecule has 1 amide bonds. The van der Waals surface area contributed by atoms with Crippen LogP contribution < -0.4 is 11.3 Å². The van der Waals surface area contributed by atoms with Gasteiger partial charge in [-0.25, -0.2) is 5.84 Å². The van der Waals surface area contributed by atoms with Crippen LogP contribution in [0.25, 0.3) is 0 Å². The van der Waals surface area contributed by atoms with Crippen molar-refractivity contribution in [3.05, 3.63) is 51.8 Å². The number of nitrogens with one attached hydrogen (secondary N) is 1. The molecule has 1 heterocycles. The van der Waals surface area contributed by atoms with Crippen LogP contribution in [0.5, 0.6) is 0 Å². The summed E-state index contributed by atoms with van der Waals surface area (Å²) in [6.07, 6.45) is 3.05. The van der Waals surface area contributed by atoms with Gasteiger partial charge in [-0.1, -0.05) is 29.3 Å². The molecule has 0 unspecified atom stereocenters. The second-order valence-electron chi connectivity index (χ2n) is 3.65. The third-order valence-electron chi connectivity index (χ3n) is 2.36. The molecule has 0 saturated heterocycles. The number of hydrazine groups is 1. The van der Waals surface area contributed by atoms with Crippen molar-refractivity contribution in [1.29, 1.82) is 0 Å². The SMILES string of the molecule is NNC(=O)c1cnn(Cc2ccc(Cl)c(Cl)c2)c1. The first kappa shape index (κ1) is 12.9. The fourth-order valence-corrected chi connectivity index (χ4v) is 1.80. The first-order valence-electron chi connectivity index (χ1n) is 5.07. The first-order chi connectivity index (χ1) is 8.60. The zero-order valence-electron chi connectivity index (χ0n) is 9.23. The lowest BCUT2D eigenvalue weighted by molar-refractivity contribution is 0.0953. The fourth-order valence-electron chi connectivity index (χ4n) is 1.48. The van der Waals surface area contributed by atoms with Crippen molar-refractivity contribution in [1.82, 2.24) is 15.2 Å². The number of aromatic nitrogens is 2. The van der Waals surface area contributed by atoms with E-state index in [0.29, 0.717) is 22.2 Å². The van der Waals surface area contributed by atoms with E-state index < -0.39 is 0 Å². The summed E-state index contributed by atoms with van der Waals surface area (Å²) in [7, 11) is 0. The summed E-state index contributed by atoms with van der Waals surface area (Å²) in [5.41, 5.74) is 3.38. The summed E-state index contributed by atoms with van der Waals surface area (Å²) in [5, 5.41) is 5.05. The highest BCUT2D eigenvalue weighted by Crippen LogP contribution is 2.22. The molecule has 3 N–H and O–H groups in total. The van der Waals surface area contributed by atoms with Gasteiger partial charge in [-0.15, -0.1) is 0 Å². The molecule has 0 atom stereocenters. The molecule has 0 saturated carbocycles. The number of amides is 1. The van der Waals surface area contributed by atoms with Gasteiger partial charge in [0.05, 0.1) is 28.4 Å². The maximum Gasteiger partial charge on any atom is 0.268 e. The molecule has 2 aromatic rings. The van der Waals surface area contributed by atoms with E-state index in [4.69, 9.17) is 29.0 Å². The summed E-state index contributed by atoms with van der Waals surface area (Å²) < 4.78 is 1.62. The van der Waals surface area contributed by atoms with Crippen LogP contribution in [0.1, 0.15) is 15.9 Å². The van der Waals surface area contributed by atoms with Gasteiger partial charge < -0.3 is 0 Å². The Kier molecular flexibility index (Phi) is 3.86. The third kappa shape index (κ3) is 2.81. The summed E-state index contributed by atoms with van der Waals surface area (Å²) in [5.74, 6) is 4.65. The first-order valence-corrected chi connectivity index (χ1v) is 5.83. The number of nitrogens with zero attached hydrogens (tertiary/aromatic N) is 2. The number of rotatable bonds is 3. The van der Waals surface area contributed by atoms with E-state index in [1.54, 1.807) is 23.0 Å². The molecule has 94 valence electrons. The molecule has 0 spiro atoms. The van der Waals surface area contributed by atoms with Crippen molar-refractivity contribution in [2.24, 2.45) is 5.84 Å². The Hall–Kier alpha value is -1.56. The van der Waals surface area contributed by atoms with E-state index in [9.17, 15) is 4.79 Å². The molecule has 5 nitrogen and oxygen atoms in total. The molecule has 1 aromatic heterocycles. The summed E-state index contributed by atoms with van der Waals surface area (Å²) in [6.45, 7) is 0.495. The highest BCUT2D eigenvalue weighted by molar-refractivity contribution is 6.42. The number of benzene rings is 1. The Morgan fingerprint density at radius 2 is 2.17 bits per heavy atom. The van der Waals surface area contributed by atoms with Crippen molar-refractivity contribution in [2.75, 3.05) is 0 Å². The van der Waals surface area contributed by atoms with Crippen LogP contribution >= 0.6 is 23.2 Å². The van der Waals surface area contributed by atoms with E-state index in [1.807, 2.05) is 11.5 Å². The third-order valence-corrected chi connectivity index (χ3v) is 3.09. The minimum atomic E-state index is -0.379. The lowest BCUT2D eigenvalue weighted by Gasteiger charge is -2.03. The number of carbonyl (C=O) groups is 1. The van der Waals surface area contributed by atoms with Crippen molar-refractivity contribution >= 4 is 29.1 Å². The number of halogens is 2. The molecule has 0 bridgehead atoms. The topological polar surface area (TPSA) is 72.9 Å². The van der Waals surface area contributed by atoms with Gasteiger partial charge in [0.15, 0.2) is 0 Å². The number of hydrogen-bond acceptors (Lipinski definition) is 3. The molecule has 1 aromatic carbocycles. The van der Waals surface area contributed by atoms with Gasteiger partial charge in [0.2, 0.25) is 0 Å². The van der Waals surface area contributed by atoms with E-state index >= 15 is 0 Å². The maximum absolute atomic E-state index is 11.2. The van der Waals surface area contributed by atoms with E-state index in [2.05, 4.69) is 5.10 Å². The molecule has 0 aliphatic carbocycles. The van der Waals surface area contributed by atoms with Gasteiger partial charge in [0.25, 0.3) is 5.91 Å². The maximum atomic E-state index is 11.2. The van der Waals surface area contributed by atoms with Crippen LogP contribution in [-0.4, -0.2) is 15.7 Å². The van der Waals surface area contributed by atoms with Crippen LogP contribution in [0.4, 0.5) is 0 Å². The van der Waals surface area contributed by atoms with E-state index in [1.165, 1.54) is 6.20 Å². The monoisotopic (exact) mass is 284 g/mol. The lowest BCUT2D eigenvalue weighted by atomic mass is 10.2. The zero-order chi connectivity index (χ0) is 13.1. The summed E-state index contributed by atoms with van der Waals surface area (Å²) in [6, 6.07) is 5.32. The van der Waals surface area contributed by atoms with E-state index in [0.717, 1.165) is 5.56 Å². The predicted octanol–water partition coefficient (Wildman–Crippen LogP) is 1.84. The predicted molar refractivity (Wildman–Crippen MR) is 69.4 cm³/mol. The fraction of sp³-hybridized carbons (Fsp3) is 0.0909. The van der Waals surface area contributed by atoms with Crippen LogP contribution in [0.15, 0.2) is 30.6 Å². The second kappa shape index (κ2) is 5.39. The van der Waals surface area contributed by atoms with Crippen molar-refractivity contribution in [3.63, 3.8) is 0 Å². The van der Waals surface area contributed by atoms with Crippen LogP contribution in [-0.2, 0) is 6.54 Å². The number of nitrogens with two attached hydrogens (primary N) is 1. The lowest BCUT2D eigenvalue weighted by Crippen LogP contribution is -2.29. The average Bonchev–Trinajstić information content (AvgIpc) is 2.81. The van der Waals surface area contributed by atoms with Crippen LogP contribution in [0.3, 0.4) is 0 Å². The van der Waals surface area contributed by atoms with Gasteiger partial charge in [-0.2, -0.15) is 5.10 Å². The average molecular weight is 285 g/mol.